The third-order valence-electron chi connectivity index (χ3n) is 8.64. The summed E-state index contributed by atoms with van der Waals surface area (Å²) in [5.74, 6) is 1.18. The average Bonchev–Trinajstić information content (AvgIpc) is 2.75. The van der Waals surface area contributed by atoms with E-state index in [1.54, 1.807) is 0 Å². The van der Waals surface area contributed by atoms with Crippen LogP contribution in [0.3, 0.4) is 0 Å². The number of halogens is 1. The number of rotatable bonds is 5. The molecular formula is C25H34ClN3O4. The van der Waals surface area contributed by atoms with Gasteiger partial charge in [0.2, 0.25) is 5.91 Å². The zero-order valence-electron chi connectivity index (χ0n) is 19.4. The van der Waals surface area contributed by atoms with Gasteiger partial charge in [-0.05, 0) is 75.8 Å². The lowest BCUT2D eigenvalue weighted by atomic mass is 9.52. The van der Waals surface area contributed by atoms with Crippen LogP contribution in [0.4, 0.5) is 10.5 Å². The molecule has 7 nitrogen and oxygen atoms in total. The van der Waals surface area contributed by atoms with Crippen LogP contribution in [0.1, 0.15) is 46.0 Å². The van der Waals surface area contributed by atoms with Crippen molar-refractivity contribution < 1.29 is 19.4 Å². The van der Waals surface area contributed by atoms with Crippen molar-refractivity contribution in [2.75, 3.05) is 31.1 Å². The van der Waals surface area contributed by atoms with Crippen LogP contribution in [0.25, 0.3) is 0 Å². The number of piperazine rings is 1. The predicted molar refractivity (Wildman–Crippen MR) is 127 cm³/mol. The largest absolute Gasteiger partial charge is 0.506 e. The van der Waals surface area contributed by atoms with E-state index in [0.717, 1.165) is 69.0 Å². The smallest absolute Gasteiger partial charge is 0.450 e. The van der Waals surface area contributed by atoms with E-state index in [4.69, 9.17) is 16.3 Å². The Kier molecular flexibility index (Phi) is 5.76. The first-order valence-corrected chi connectivity index (χ1v) is 12.5. The number of carboxylic acid groups (broad SMARTS) is 1. The normalized spacial score (nSPS) is 33.7. The van der Waals surface area contributed by atoms with Gasteiger partial charge in [0.15, 0.2) is 0 Å². The molecule has 2 atom stereocenters. The van der Waals surface area contributed by atoms with Crippen LogP contribution in [-0.4, -0.2) is 65.4 Å². The quantitative estimate of drug-likeness (QED) is 0.626. The fourth-order valence-electron chi connectivity index (χ4n) is 7.18. The molecule has 8 heteroatoms. The monoisotopic (exact) mass is 475 g/mol. The molecule has 1 aromatic rings. The Morgan fingerprint density at radius 1 is 1.09 bits per heavy atom. The van der Waals surface area contributed by atoms with Crippen molar-refractivity contribution in [1.29, 1.82) is 0 Å². The number of benzene rings is 1. The van der Waals surface area contributed by atoms with Crippen molar-refractivity contribution >= 4 is 29.4 Å². The molecule has 1 saturated heterocycles. The number of hydrogen-bond donors (Lipinski definition) is 2. The predicted octanol–water partition coefficient (Wildman–Crippen LogP) is 4.00. The number of nitrogens with one attached hydrogen (secondary N) is 1. The third kappa shape index (κ3) is 4.18. The molecule has 180 valence electrons. The molecule has 0 spiro atoms. The molecule has 4 aliphatic carbocycles. The molecule has 0 radical (unpaired) electrons. The van der Waals surface area contributed by atoms with Gasteiger partial charge < -0.3 is 20.1 Å². The molecule has 4 bridgehead atoms. The molecule has 5 fully saturated rings. The highest BCUT2D eigenvalue weighted by Crippen LogP contribution is 2.57. The maximum Gasteiger partial charge on any atom is 0.506 e. The van der Waals surface area contributed by atoms with Crippen molar-refractivity contribution in [3.63, 3.8) is 0 Å². The second kappa shape index (κ2) is 8.35. The lowest BCUT2D eigenvalue weighted by molar-refractivity contribution is -0.157. The molecule has 2 unspecified atom stereocenters. The molecule has 1 aromatic carbocycles. The maximum absolute atomic E-state index is 13.5. The lowest BCUT2D eigenvalue weighted by Crippen LogP contribution is -2.66. The van der Waals surface area contributed by atoms with E-state index < -0.39 is 17.3 Å². The molecule has 1 amide bonds. The Morgan fingerprint density at radius 2 is 1.73 bits per heavy atom. The molecule has 4 saturated carbocycles. The number of ether oxygens (including phenoxy) is 1. The summed E-state index contributed by atoms with van der Waals surface area (Å²) in [6.07, 6.45) is 3.25. The summed E-state index contributed by atoms with van der Waals surface area (Å²) in [6.45, 7) is 7.26. The van der Waals surface area contributed by atoms with Crippen LogP contribution in [0.2, 0.25) is 5.02 Å². The van der Waals surface area contributed by atoms with E-state index in [-0.39, 0.29) is 11.9 Å². The van der Waals surface area contributed by atoms with Gasteiger partial charge in [0.25, 0.3) is 0 Å². The van der Waals surface area contributed by atoms with Crippen molar-refractivity contribution in [3.05, 3.63) is 29.3 Å². The molecule has 2 N–H and O–H groups in total. The summed E-state index contributed by atoms with van der Waals surface area (Å²) in [5, 5.41) is 13.4. The van der Waals surface area contributed by atoms with Crippen molar-refractivity contribution in [2.45, 2.75) is 63.1 Å². The molecular weight excluding hydrogens is 442 g/mol. The zero-order valence-corrected chi connectivity index (χ0v) is 20.2. The lowest BCUT2D eigenvalue weighted by Gasteiger charge is -2.59. The van der Waals surface area contributed by atoms with E-state index >= 15 is 0 Å². The van der Waals surface area contributed by atoms with Gasteiger partial charge in [-0.3, -0.25) is 9.69 Å². The Bertz CT molecular complexity index is 914. The first kappa shape index (κ1) is 22.8. The Morgan fingerprint density at radius 3 is 2.33 bits per heavy atom. The molecule has 33 heavy (non-hydrogen) atoms. The minimum atomic E-state index is -1.17. The van der Waals surface area contributed by atoms with E-state index in [1.165, 1.54) is 0 Å². The average molecular weight is 476 g/mol. The van der Waals surface area contributed by atoms with Gasteiger partial charge in [-0.25, -0.2) is 4.79 Å². The minimum Gasteiger partial charge on any atom is -0.450 e. The number of carbonyl (C=O) groups is 2. The second-order valence-corrected chi connectivity index (χ2v) is 11.4. The SMILES string of the molecule is CC(C)(C(=O)NC1C2CC3CC1CC(OC(=O)O)(C3)C2)N1CCN(c2ccccc2Cl)CC1. The Labute approximate surface area is 200 Å². The summed E-state index contributed by atoms with van der Waals surface area (Å²) in [5.41, 5.74) is -0.0999. The highest BCUT2D eigenvalue weighted by molar-refractivity contribution is 6.33. The summed E-state index contributed by atoms with van der Waals surface area (Å²) < 4.78 is 5.40. The van der Waals surface area contributed by atoms with E-state index in [0.29, 0.717) is 17.8 Å². The third-order valence-corrected chi connectivity index (χ3v) is 8.96. The van der Waals surface area contributed by atoms with Crippen molar-refractivity contribution in [3.8, 4) is 0 Å². The van der Waals surface area contributed by atoms with Gasteiger partial charge in [0.1, 0.15) is 5.60 Å². The molecule has 1 aliphatic heterocycles. The molecule has 1 heterocycles. The van der Waals surface area contributed by atoms with Gasteiger partial charge in [0.05, 0.1) is 16.2 Å². The highest BCUT2D eigenvalue weighted by atomic mass is 35.5. The van der Waals surface area contributed by atoms with Gasteiger partial charge in [-0.1, -0.05) is 23.7 Å². The first-order chi connectivity index (χ1) is 15.7. The number of amides is 1. The number of carbonyl (C=O) groups excluding carboxylic acids is 1. The van der Waals surface area contributed by atoms with Gasteiger partial charge in [-0.15, -0.1) is 0 Å². The van der Waals surface area contributed by atoms with E-state index in [2.05, 4.69) is 15.1 Å². The van der Waals surface area contributed by atoms with E-state index in [9.17, 15) is 14.7 Å². The number of anilines is 1. The van der Waals surface area contributed by atoms with Crippen LogP contribution in [0.5, 0.6) is 0 Å². The number of nitrogens with zero attached hydrogens (tertiary/aromatic N) is 2. The van der Waals surface area contributed by atoms with Gasteiger partial charge >= 0.3 is 6.16 Å². The van der Waals surface area contributed by atoms with Gasteiger partial charge in [-0.2, -0.15) is 0 Å². The summed E-state index contributed by atoms with van der Waals surface area (Å²) in [7, 11) is 0. The molecule has 5 aliphatic rings. The summed E-state index contributed by atoms with van der Waals surface area (Å²) in [4.78, 5) is 29.3. The first-order valence-electron chi connectivity index (χ1n) is 12.1. The molecule has 6 rings (SSSR count). The summed E-state index contributed by atoms with van der Waals surface area (Å²) >= 11 is 6.38. The van der Waals surface area contributed by atoms with Crippen LogP contribution in [0, 0.1) is 17.8 Å². The second-order valence-electron chi connectivity index (χ2n) is 11.0. The topological polar surface area (TPSA) is 82.1 Å². The standard InChI is InChI=1S/C25H34ClN3O4/c1-24(2,29-9-7-28(8-10-29)20-6-4-3-5-19(20)26)22(30)27-21-17-11-16-12-18(21)15-25(13-16,14-17)33-23(31)32/h3-6,16-18,21H,7-15H2,1-2H3,(H,27,30)(H,31,32). The number of hydrogen-bond acceptors (Lipinski definition) is 5. The Hall–Kier alpha value is -1.99. The fourth-order valence-corrected chi connectivity index (χ4v) is 7.44. The Balaban J connectivity index is 1.21. The van der Waals surface area contributed by atoms with Crippen molar-refractivity contribution in [1.82, 2.24) is 10.2 Å². The highest BCUT2D eigenvalue weighted by Gasteiger charge is 2.58. The molecule has 0 aromatic heterocycles. The van der Waals surface area contributed by atoms with E-state index in [1.807, 2.05) is 38.1 Å². The van der Waals surface area contributed by atoms with Gasteiger partial charge in [0, 0.05) is 32.2 Å². The number of para-hydroxylation sites is 1. The van der Waals surface area contributed by atoms with Crippen molar-refractivity contribution in [2.24, 2.45) is 17.8 Å². The van der Waals surface area contributed by atoms with Crippen LogP contribution in [0.15, 0.2) is 24.3 Å². The van der Waals surface area contributed by atoms with Crippen LogP contribution >= 0.6 is 11.6 Å². The zero-order chi connectivity index (χ0) is 23.4. The minimum absolute atomic E-state index is 0.0689. The maximum atomic E-state index is 13.5. The van der Waals surface area contributed by atoms with Crippen LogP contribution < -0.4 is 10.2 Å². The summed E-state index contributed by atoms with van der Waals surface area (Å²) in [6, 6.07) is 8.01. The fraction of sp³-hybridized carbons (Fsp3) is 0.680. The van der Waals surface area contributed by atoms with Crippen LogP contribution in [-0.2, 0) is 9.53 Å².